The normalized spacial score (nSPS) is 17.6. The first-order chi connectivity index (χ1) is 7.74. The lowest BCUT2D eigenvalue weighted by molar-refractivity contribution is 0.394. The first kappa shape index (κ1) is 12.1. The van der Waals surface area contributed by atoms with Crippen molar-refractivity contribution in [3.8, 4) is 11.4 Å². The molecule has 90 valence electrons. The SMILES string of the molecule is Cc1nc(-c2ccc3c(c2)CCC3N)no1.Cl. The molecule has 1 atom stereocenters. The van der Waals surface area contributed by atoms with E-state index in [9.17, 15) is 0 Å². The van der Waals surface area contributed by atoms with E-state index in [4.69, 9.17) is 10.3 Å². The number of aromatic nitrogens is 2. The maximum Gasteiger partial charge on any atom is 0.223 e. The van der Waals surface area contributed by atoms with E-state index in [2.05, 4.69) is 22.3 Å². The monoisotopic (exact) mass is 251 g/mol. The highest BCUT2D eigenvalue weighted by molar-refractivity contribution is 5.85. The summed E-state index contributed by atoms with van der Waals surface area (Å²) in [5, 5.41) is 3.91. The third-order valence-electron chi connectivity index (χ3n) is 3.05. The Bertz CT molecular complexity index is 538. The zero-order chi connectivity index (χ0) is 11.1. The second-order valence-corrected chi connectivity index (χ2v) is 4.20. The molecular formula is C12H14ClN3O. The maximum absolute atomic E-state index is 5.99. The lowest BCUT2D eigenvalue weighted by atomic mass is 10.0. The van der Waals surface area contributed by atoms with Crippen molar-refractivity contribution in [1.29, 1.82) is 0 Å². The number of hydrogen-bond acceptors (Lipinski definition) is 4. The van der Waals surface area contributed by atoms with Gasteiger partial charge < -0.3 is 10.3 Å². The molecule has 1 heterocycles. The van der Waals surface area contributed by atoms with E-state index in [0.717, 1.165) is 18.4 Å². The maximum atomic E-state index is 5.99. The molecule has 0 saturated carbocycles. The van der Waals surface area contributed by atoms with E-state index in [0.29, 0.717) is 11.7 Å². The van der Waals surface area contributed by atoms with Gasteiger partial charge in [-0.25, -0.2) is 0 Å². The lowest BCUT2D eigenvalue weighted by Gasteiger charge is -2.04. The first-order valence-corrected chi connectivity index (χ1v) is 5.43. The Balaban J connectivity index is 0.00000108. The summed E-state index contributed by atoms with van der Waals surface area (Å²) in [5.41, 5.74) is 9.56. The Labute approximate surface area is 106 Å². The molecule has 1 aromatic carbocycles. The van der Waals surface area contributed by atoms with E-state index in [1.54, 1.807) is 6.92 Å². The average Bonchev–Trinajstić information content (AvgIpc) is 2.86. The third kappa shape index (κ3) is 2.06. The van der Waals surface area contributed by atoms with Crippen LogP contribution in [0.3, 0.4) is 0 Å². The minimum atomic E-state index is 0. The van der Waals surface area contributed by atoms with Gasteiger partial charge in [0.2, 0.25) is 11.7 Å². The molecule has 0 saturated heterocycles. The van der Waals surface area contributed by atoms with E-state index < -0.39 is 0 Å². The van der Waals surface area contributed by atoms with Crippen molar-refractivity contribution in [3.63, 3.8) is 0 Å². The fourth-order valence-electron chi connectivity index (χ4n) is 2.21. The number of nitrogens with two attached hydrogens (primary N) is 1. The second kappa shape index (κ2) is 4.47. The fraction of sp³-hybridized carbons (Fsp3) is 0.333. The van der Waals surface area contributed by atoms with Gasteiger partial charge in [0.05, 0.1) is 0 Å². The Morgan fingerprint density at radius 1 is 1.41 bits per heavy atom. The quantitative estimate of drug-likeness (QED) is 0.845. The van der Waals surface area contributed by atoms with Gasteiger partial charge in [-0.2, -0.15) is 4.98 Å². The summed E-state index contributed by atoms with van der Waals surface area (Å²) in [6.45, 7) is 1.79. The molecule has 1 aliphatic rings. The summed E-state index contributed by atoms with van der Waals surface area (Å²) in [6.07, 6.45) is 2.07. The number of benzene rings is 1. The van der Waals surface area contributed by atoms with Gasteiger partial charge in [-0.15, -0.1) is 12.4 Å². The van der Waals surface area contributed by atoms with Crippen LogP contribution in [0.4, 0.5) is 0 Å². The Morgan fingerprint density at radius 3 is 2.94 bits per heavy atom. The summed E-state index contributed by atoms with van der Waals surface area (Å²) >= 11 is 0. The third-order valence-corrected chi connectivity index (χ3v) is 3.05. The zero-order valence-corrected chi connectivity index (χ0v) is 10.3. The summed E-state index contributed by atoms with van der Waals surface area (Å²) in [4.78, 5) is 4.22. The predicted molar refractivity (Wildman–Crippen MR) is 67.0 cm³/mol. The molecule has 0 radical (unpaired) electrons. The van der Waals surface area contributed by atoms with Crippen LogP contribution in [0.5, 0.6) is 0 Å². The van der Waals surface area contributed by atoms with Crippen LogP contribution in [0.1, 0.15) is 29.5 Å². The van der Waals surface area contributed by atoms with Crippen LogP contribution < -0.4 is 5.73 Å². The molecular weight excluding hydrogens is 238 g/mol. The molecule has 0 aliphatic heterocycles. The Hall–Kier alpha value is -1.39. The highest BCUT2D eigenvalue weighted by Gasteiger charge is 2.19. The van der Waals surface area contributed by atoms with Gasteiger partial charge in [0.25, 0.3) is 0 Å². The van der Waals surface area contributed by atoms with Crippen LogP contribution in [0.2, 0.25) is 0 Å². The largest absolute Gasteiger partial charge is 0.339 e. The molecule has 1 unspecified atom stereocenters. The van der Waals surface area contributed by atoms with Crippen molar-refractivity contribution in [2.24, 2.45) is 5.73 Å². The molecule has 5 heteroatoms. The Kier molecular flexibility index (Phi) is 3.17. The molecule has 0 spiro atoms. The highest BCUT2D eigenvalue weighted by atomic mass is 35.5. The molecule has 3 rings (SSSR count). The first-order valence-electron chi connectivity index (χ1n) is 5.43. The van der Waals surface area contributed by atoms with Gasteiger partial charge in [0.1, 0.15) is 0 Å². The number of halogens is 1. The summed E-state index contributed by atoms with van der Waals surface area (Å²) in [7, 11) is 0. The minimum absolute atomic E-state index is 0. The number of fused-ring (bicyclic) bond motifs is 1. The molecule has 0 fully saturated rings. The van der Waals surface area contributed by atoms with E-state index in [1.165, 1.54) is 11.1 Å². The summed E-state index contributed by atoms with van der Waals surface area (Å²) < 4.78 is 4.97. The molecule has 2 aromatic rings. The van der Waals surface area contributed by atoms with Gasteiger partial charge in [-0.3, -0.25) is 0 Å². The zero-order valence-electron chi connectivity index (χ0n) is 9.51. The van der Waals surface area contributed by atoms with Crippen LogP contribution in [-0.4, -0.2) is 10.1 Å². The molecule has 17 heavy (non-hydrogen) atoms. The molecule has 2 N–H and O–H groups in total. The van der Waals surface area contributed by atoms with Crippen molar-refractivity contribution < 1.29 is 4.52 Å². The average molecular weight is 252 g/mol. The van der Waals surface area contributed by atoms with Crippen molar-refractivity contribution in [3.05, 3.63) is 35.2 Å². The highest BCUT2D eigenvalue weighted by Crippen LogP contribution is 2.31. The molecule has 0 bridgehead atoms. The topological polar surface area (TPSA) is 64.9 Å². The van der Waals surface area contributed by atoms with Gasteiger partial charge in [-0.1, -0.05) is 17.3 Å². The molecule has 1 aliphatic carbocycles. The van der Waals surface area contributed by atoms with Crippen molar-refractivity contribution in [1.82, 2.24) is 10.1 Å². The molecule has 1 aromatic heterocycles. The minimum Gasteiger partial charge on any atom is -0.339 e. The standard InChI is InChI=1S/C12H13N3O.ClH/c1-7-14-12(15-16-7)9-2-4-10-8(6-9)3-5-11(10)13;/h2,4,6,11H,3,5,13H2,1H3;1H. The van der Waals surface area contributed by atoms with Gasteiger partial charge in [0, 0.05) is 18.5 Å². The van der Waals surface area contributed by atoms with Crippen LogP contribution in [0.25, 0.3) is 11.4 Å². The van der Waals surface area contributed by atoms with Crippen LogP contribution in [-0.2, 0) is 6.42 Å². The second-order valence-electron chi connectivity index (χ2n) is 4.20. The summed E-state index contributed by atoms with van der Waals surface area (Å²) in [5.74, 6) is 1.24. The van der Waals surface area contributed by atoms with Crippen LogP contribution in [0, 0.1) is 6.92 Å². The van der Waals surface area contributed by atoms with E-state index >= 15 is 0 Å². The number of aryl methyl sites for hydroxylation is 2. The van der Waals surface area contributed by atoms with Crippen molar-refractivity contribution in [2.45, 2.75) is 25.8 Å². The number of rotatable bonds is 1. The van der Waals surface area contributed by atoms with E-state index in [-0.39, 0.29) is 18.4 Å². The van der Waals surface area contributed by atoms with Gasteiger partial charge in [0.15, 0.2) is 0 Å². The molecule has 4 nitrogen and oxygen atoms in total. The fourth-order valence-corrected chi connectivity index (χ4v) is 2.21. The molecule has 0 amide bonds. The van der Waals surface area contributed by atoms with Gasteiger partial charge >= 0.3 is 0 Å². The lowest BCUT2D eigenvalue weighted by Crippen LogP contribution is -2.04. The van der Waals surface area contributed by atoms with E-state index in [1.807, 2.05) is 6.07 Å². The van der Waals surface area contributed by atoms with Crippen molar-refractivity contribution >= 4 is 12.4 Å². The predicted octanol–water partition coefficient (Wildman–Crippen LogP) is 2.41. The number of nitrogens with zero attached hydrogens (tertiary/aromatic N) is 2. The van der Waals surface area contributed by atoms with Crippen LogP contribution >= 0.6 is 12.4 Å². The van der Waals surface area contributed by atoms with Crippen LogP contribution in [0.15, 0.2) is 22.7 Å². The summed E-state index contributed by atoms with van der Waals surface area (Å²) in [6, 6.07) is 6.39. The smallest absolute Gasteiger partial charge is 0.223 e. The number of hydrogen-bond donors (Lipinski definition) is 1. The van der Waals surface area contributed by atoms with Gasteiger partial charge in [-0.05, 0) is 30.0 Å². The Morgan fingerprint density at radius 2 is 2.24 bits per heavy atom. The van der Waals surface area contributed by atoms with Crippen molar-refractivity contribution in [2.75, 3.05) is 0 Å².